The van der Waals surface area contributed by atoms with E-state index in [1.165, 1.54) is 30.6 Å². The Morgan fingerprint density at radius 3 is 2.14 bits per heavy atom. The zero-order chi connectivity index (χ0) is 24.2. The van der Waals surface area contributed by atoms with Gasteiger partial charge in [0.15, 0.2) is 0 Å². The molecular formula is C29H38N2O4. The molecule has 1 unspecified atom stereocenters. The van der Waals surface area contributed by atoms with Crippen LogP contribution in [0.15, 0.2) is 24.3 Å². The lowest BCUT2D eigenvalue weighted by Crippen LogP contribution is -2.60. The van der Waals surface area contributed by atoms with Gasteiger partial charge in [0.05, 0.1) is 24.1 Å². The number of benzene rings is 1. The summed E-state index contributed by atoms with van der Waals surface area (Å²) in [5.41, 5.74) is 0.263. The predicted octanol–water partition coefficient (Wildman–Crippen LogP) is 5.09. The molecule has 0 N–H and O–H groups in total. The van der Waals surface area contributed by atoms with Crippen molar-refractivity contribution >= 4 is 23.4 Å². The first-order valence-electron chi connectivity index (χ1n) is 13.9. The fourth-order valence-corrected chi connectivity index (χ4v) is 8.53. The van der Waals surface area contributed by atoms with Crippen molar-refractivity contribution in [2.24, 2.45) is 23.2 Å². The highest BCUT2D eigenvalue weighted by Crippen LogP contribution is 2.61. The van der Waals surface area contributed by atoms with Crippen LogP contribution in [0.25, 0.3) is 0 Å². The van der Waals surface area contributed by atoms with Crippen molar-refractivity contribution in [2.45, 2.75) is 96.1 Å². The van der Waals surface area contributed by atoms with Gasteiger partial charge in [-0.3, -0.25) is 14.4 Å². The second-order valence-corrected chi connectivity index (χ2v) is 11.9. The second-order valence-electron chi connectivity index (χ2n) is 11.9. The molecule has 6 nitrogen and oxygen atoms in total. The van der Waals surface area contributed by atoms with Gasteiger partial charge in [-0.25, -0.2) is 4.90 Å². The molecule has 6 heteroatoms. The first-order valence-corrected chi connectivity index (χ1v) is 13.9. The minimum Gasteiger partial charge on any atom is -0.494 e. The van der Waals surface area contributed by atoms with E-state index in [2.05, 4.69) is 0 Å². The van der Waals surface area contributed by atoms with Crippen LogP contribution in [0.4, 0.5) is 5.69 Å². The van der Waals surface area contributed by atoms with Crippen molar-refractivity contribution in [3.05, 3.63) is 24.3 Å². The molecule has 1 aromatic rings. The second kappa shape index (κ2) is 8.94. The van der Waals surface area contributed by atoms with Crippen molar-refractivity contribution in [3.8, 4) is 5.75 Å². The molecule has 35 heavy (non-hydrogen) atoms. The third-order valence-corrected chi connectivity index (χ3v) is 9.56. The summed E-state index contributed by atoms with van der Waals surface area (Å²) >= 11 is 0. The summed E-state index contributed by atoms with van der Waals surface area (Å²) in [6, 6.07) is 6.55. The summed E-state index contributed by atoms with van der Waals surface area (Å²) in [5.74, 6) is 2.47. The zero-order valence-corrected chi connectivity index (χ0v) is 20.9. The molecule has 188 valence electrons. The van der Waals surface area contributed by atoms with Crippen molar-refractivity contribution in [1.29, 1.82) is 0 Å². The molecule has 1 aliphatic heterocycles. The third kappa shape index (κ3) is 3.97. The number of carbonyl (C=O) groups is 3. The summed E-state index contributed by atoms with van der Waals surface area (Å²) in [5, 5.41) is 0. The highest BCUT2D eigenvalue weighted by molar-refractivity contribution is 6.23. The fourth-order valence-electron chi connectivity index (χ4n) is 8.53. The van der Waals surface area contributed by atoms with Crippen LogP contribution in [0.1, 0.15) is 84.0 Å². The predicted molar refractivity (Wildman–Crippen MR) is 133 cm³/mol. The monoisotopic (exact) mass is 478 g/mol. The molecule has 4 bridgehead atoms. The minimum absolute atomic E-state index is 0.0753. The summed E-state index contributed by atoms with van der Waals surface area (Å²) < 4.78 is 5.52. The number of nitrogens with zero attached hydrogens (tertiary/aromatic N) is 2. The van der Waals surface area contributed by atoms with Crippen LogP contribution in [-0.4, -0.2) is 41.3 Å². The van der Waals surface area contributed by atoms with Gasteiger partial charge in [-0.15, -0.1) is 0 Å². The average Bonchev–Trinajstić information content (AvgIpc) is 3.13. The van der Waals surface area contributed by atoms with E-state index in [-0.39, 0.29) is 35.6 Å². The van der Waals surface area contributed by atoms with E-state index in [4.69, 9.17) is 4.74 Å². The van der Waals surface area contributed by atoms with Crippen LogP contribution >= 0.6 is 0 Å². The van der Waals surface area contributed by atoms with E-state index in [0.717, 1.165) is 44.9 Å². The van der Waals surface area contributed by atoms with Crippen LogP contribution in [0.2, 0.25) is 0 Å². The Morgan fingerprint density at radius 1 is 0.971 bits per heavy atom. The normalized spacial score (nSPS) is 34.5. The van der Waals surface area contributed by atoms with Crippen LogP contribution in [0, 0.1) is 23.2 Å². The van der Waals surface area contributed by atoms with Crippen LogP contribution in [0.5, 0.6) is 5.75 Å². The number of carbonyl (C=O) groups excluding carboxylic acids is 3. The Bertz CT molecular complexity index is 961. The Morgan fingerprint density at radius 2 is 1.57 bits per heavy atom. The number of anilines is 1. The molecule has 1 aromatic carbocycles. The van der Waals surface area contributed by atoms with Gasteiger partial charge in [-0.05, 0) is 100 Å². The molecule has 1 atom stereocenters. The quantitative estimate of drug-likeness (QED) is 0.534. The maximum Gasteiger partial charge on any atom is 0.257 e. The SMILES string of the molecule is CCOc1ccc(N2C(=O)CC(N(C(=O)C34CC5CC(CC(C5)C3)C4)C3CCCCC3)C2=O)cc1. The molecule has 0 radical (unpaired) electrons. The summed E-state index contributed by atoms with van der Waals surface area (Å²) in [6.45, 7) is 2.48. The molecule has 5 aliphatic carbocycles. The molecule has 0 spiro atoms. The van der Waals surface area contributed by atoms with Gasteiger partial charge in [0.2, 0.25) is 11.8 Å². The van der Waals surface area contributed by atoms with E-state index < -0.39 is 6.04 Å². The maximum atomic E-state index is 14.5. The van der Waals surface area contributed by atoms with Gasteiger partial charge in [-0.1, -0.05) is 19.3 Å². The lowest BCUT2D eigenvalue weighted by molar-refractivity contribution is -0.165. The highest BCUT2D eigenvalue weighted by atomic mass is 16.5. The van der Waals surface area contributed by atoms with E-state index in [1.807, 2.05) is 11.8 Å². The van der Waals surface area contributed by atoms with Gasteiger partial charge in [0.25, 0.3) is 5.91 Å². The van der Waals surface area contributed by atoms with Gasteiger partial charge < -0.3 is 9.64 Å². The third-order valence-electron chi connectivity index (χ3n) is 9.56. The van der Waals surface area contributed by atoms with E-state index in [1.54, 1.807) is 24.3 Å². The van der Waals surface area contributed by atoms with E-state index in [9.17, 15) is 14.4 Å². The number of rotatable bonds is 6. The van der Waals surface area contributed by atoms with Gasteiger partial charge in [0, 0.05) is 6.04 Å². The topological polar surface area (TPSA) is 66.9 Å². The fraction of sp³-hybridized carbons (Fsp3) is 0.690. The number of hydrogen-bond acceptors (Lipinski definition) is 4. The molecule has 3 amide bonds. The smallest absolute Gasteiger partial charge is 0.257 e. The minimum atomic E-state index is -0.669. The summed E-state index contributed by atoms with van der Waals surface area (Å²) in [6.07, 6.45) is 12.1. The molecule has 6 aliphatic rings. The number of ether oxygens (including phenoxy) is 1. The largest absolute Gasteiger partial charge is 0.494 e. The molecule has 1 saturated heterocycles. The van der Waals surface area contributed by atoms with Crippen molar-refractivity contribution in [3.63, 3.8) is 0 Å². The standard InChI is InChI=1S/C29H38N2O4/c1-2-35-24-10-8-23(9-11-24)31-26(32)15-25(27(31)33)30(22-6-4-3-5-7-22)28(34)29-16-19-12-20(17-29)14-21(13-19)18-29/h8-11,19-22,25H,2-7,12-18H2,1H3. The molecule has 1 heterocycles. The number of amides is 3. The van der Waals surface area contributed by atoms with Crippen molar-refractivity contribution in [1.82, 2.24) is 4.90 Å². The molecule has 7 rings (SSSR count). The number of imide groups is 1. The first kappa shape index (κ1) is 23.1. The average molecular weight is 479 g/mol. The highest BCUT2D eigenvalue weighted by Gasteiger charge is 2.58. The van der Waals surface area contributed by atoms with Gasteiger partial charge >= 0.3 is 0 Å². The molecule has 5 saturated carbocycles. The molecule has 6 fully saturated rings. The lowest BCUT2D eigenvalue weighted by atomic mass is 9.49. The molecule has 0 aromatic heterocycles. The Hall–Kier alpha value is -2.37. The van der Waals surface area contributed by atoms with Crippen molar-refractivity contribution < 1.29 is 19.1 Å². The van der Waals surface area contributed by atoms with E-state index in [0.29, 0.717) is 35.8 Å². The van der Waals surface area contributed by atoms with Crippen LogP contribution in [0.3, 0.4) is 0 Å². The first-order chi connectivity index (χ1) is 17.0. The van der Waals surface area contributed by atoms with Crippen molar-refractivity contribution in [2.75, 3.05) is 11.5 Å². The Balaban J connectivity index is 1.30. The lowest BCUT2D eigenvalue weighted by Gasteiger charge is -2.57. The Kier molecular flexibility index (Phi) is 5.89. The molecular weight excluding hydrogens is 440 g/mol. The van der Waals surface area contributed by atoms with Gasteiger partial charge in [-0.2, -0.15) is 0 Å². The van der Waals surface area contributed by atoms with Crippen LogP contribution < -0.4 is 9.64 Å². The summed E-state index contributed by atoms with van der Waals surface area (Å²) in [7, 11) is 0. The Labute approximate surface area is 208 Å². The van der Waals surface area contributed by atoms with Gasteiger partial charge in [0.1, 0.15) is 11.8 Å². The maximum absolute atomic E-state index is 14.5. The van der Waals surface area contributed by atoms with E-state index >= 15 is 0 Å². The summed E-state index contributed by atoms with van der Waals surface area (Å²) in [4.78, 5) is 44.8. The number of hydrogen-bond donors (Lipinski definition) is 0. The zero-order valence-electron chi connectivity index (χ0n) is 20.9. The van der Waals surface area contributed by atoms with Crippen LogP contribution in [-0.2, 0) is 14.4 Å².